The number of hydrogen-bond acceptors (Lipinski definition) is 2. The van der Waals surface area contributed by atoms with Gasteiger partial charge in [0, 0.05) is 19.2 Å². The highest BCUT2D eigenvalue weighted by Gasteiger charge is 2.00. The summed E-state index contributed by atoms with van der Waals surface area (Å²) in [6.07, 6.45) is 4.89. The van der Waals surface area contributed by atoms with Gasteiger partial charge >= 0.3 is 0 Å². The van der Waals surface area contributed by atoms with Crippen molar-refractivity contribution in [1.29, 1.82) is 0 Å². The van der Waals surface area contributed by atoms with Crippen LogP contribution in [0.15, 0.2) is 17.8 Å². The molecule has 0 radical (unpaired) electrons. The molecule has 0 bridgehead atoms. The maximum atomic E-state index is 4.06. The molecule has 1 rings (SSSR count). The Bertz CT molecular complexity index is 107. The molecule has 2 heteroatoms. The average molecular weight is 110 g/mol. The number of rotatable bonds is 2. The minimum absolute atomic E-state index is 0.885. The molecule has 0 unspecified atom stereocenters. The zero-order valence-corrected chi connectivity index (χ0v) is 4.88. The van der Waals surface area contributed by atoms with Gasteiger partial charge in [-0.25, -0.2) is 0 Å². The van der Waals surface area contributed by atoms with Crippen LogP contribution in [0.1, 0.15) is 6.42 Å². The minimum atomic E-state index is 0.885. The third-order valence-electron chi connectivity index (χ3n) is 1.10. The maximum Gasteiger partial charge on any atom is 0.0538 e. The normalized spacial score (nSPS) is 17.2. The van der Waals surface area contributed by atoms with Crippen LogP contribution in [0.4, 0.5) is 0 Å². The van der Waals surface area contributed by atoms with Crippen molar-refractivity contribution in [2.75, 3.05) is 13.1 Å². The minimum Gasteiger partial charge on any atom is -0.293 e. The molecule has 8 heavy (non-hydrogen) atoms. The van der Waals surface area contributed by atoms with Crippen molar-refractivity contribution in [2.24, 2.45) is 5.10 Å². The van der Waals surface area contributed by atoms with Gasteiger partial charge in [-0.15, -0.1) is 6.58 Å². The third-order valence-corrected chi connectivity index (χ3v) is 1.10. The van der Waals surface area contributed by atoms with Crippen LogP contribution in [0.3, 0.4) is 0 Å². The Hall–Kier alpha value is -0.790. The second-order valence-electron chi connectivity index (χ2n) is 1.79. The fourth-order valence-corrected chi connectivity index (χ4v) is 0.725. The van der Waals surface area contributed by atoms with Crippen molar-refractivity contribution in [1.82, 2.24) is 5.01 Å². The summed E-state index contributed by atoms with van der Waals surface area (Å²) < 4.78 is 0. The first-order chi connectivity index (χ1) is 3.93. The Morgan fingerprint density at radius 1 is 1.88 bits per heavy atom. The van der Waals surface area contributed by atoms with Gasteiger partial charge in [0.25, 0.3) is 0 Å². The molecule has 1 heterocycles. The molecule has 0 aromatic heterocycles. The fraction of sp³-hybridized carbons (Fsp3) is 0.500. The van der Waals surface area contributed by atoms with Crippen molar-refractivity contribution in [3.63, 3.8) is 0 Å². The second-order valence-corrected chi connectivity index (χ2v) is 1.79. The Morgan fingerprint density at radius 3 is 3.25 bits per heavy atom. The molecule has 1 aliphatic rings. The Morgan fingerprint density at radius 2 is 2.75 bits per heavy atom. The summed E-state index contributed by atoms with van der Waals surface area (Å²) in [6, 6.07) is 0. The quantitative estimate of drug-likeness (QED) is 0.481. The first-order valence-corrected chi connectivity index (χ1v) is 2.82. The SMILES string of the molecule is C=CCN1CCC=N1. The summed E-state index contributed by atoms with van der Waals surface area (Å²) in [5.41, 5.74) is 0. The monoisotopic (exact) mass is 110 g/mol. The highest BCUT2D eigenvalue weighted by Crippen LogP contribution is 1.97. The van der Waals surface area contributed by atoms with Crippen LogP contribution in [0.25, 0.3) is 0 Å². The largest absolute Gasteiger partial charge is 0.293 e. The summed E-state index contributed by atoms with van der Waals surface area (Å²) >= 11 is 0. The van der Waals surface area contributed by atoms with Gasteiger partial charge in [0.1, 0.15) is 0 Å². The predicted molar refractivity (Wildman–Crippen MR) is 34.9 cm³/mol. The number of hydrazone groups is 1. The topological polar surface area (TPSA) is 15.6 Å². The van der Waals surface area contributed by atoms with E-state index in [1.165, 1.54) is 0 Å². The van der Waals surface area contributed by atoms with E-state index >= 15 is 0 Å². The molecule has 0 aromatic carbocycles. The van der Waals surface area contributed by atoms with Crippen LogP contribution in [0, 0.1) is 0 Å². The lowest BCUT2D eigenvalue weighted by atomic mass is 10.5. The predicted octanol–water partition coefficient (Wildman–Crippen LogP) is 0.864. The van der Waals surface area contributed by atoms with E-state index in [1.54, 1.807) is 0 Å². The van der Waals surface area contributed by atoms with Crippen LogP contribution in [-0.2, 0) is 0 Å². The van der Waals surface area contributed by atoms with Crippen LogP contribution < -0.4 is 0 Å². The van der Waals surface area contributed by atoms with Gasteiger partial charge in [0.2, 0.25) is 0 Å². The van der Waals surface area contributed by atoms with E-state index in [0.717, 1.165) is 19.5 Å². The molecule has 0 aliphatic carbocycles. The molecule has 1 aliphatic heterocycles. The molecule has 0 saturated heterocycles. The smallest absolute Gasteiger partial charge is 0.0538 e. The van der Waals surface area contributed by atoms with Crippen molar-refractivity contribution in [3.05, 3.63) is 12.7 Å². The molecule has 0 atom stereocenters. The second kappa shape index (κ2) is 2.50. The standard InChI is InChI=1S/C6H10N2/c1-2-5-8-6-3-4-7-8/h2,4H,1,3,5-6H2. The summed E-state index contributed by atoms with van der Waals surface area (Å²) in [5.74, 6) is 0. The molecular formula is C6H10N2. The number of hydrogen-bond donors (Lipinski definition) is 0. The van der Waals surface area contributed by atoms with Crippen molar-refractivity contribution < 1.29 is 0 Å². The maximum absolute atomic E-state index is 4.06. The van der Waals surface area contributed by atoms with Gasteiger partial charge in [0.05, 0.1) is 6.54 Å². The first-order valence-electron chi connectivity index (χ1n) is 2.82. The van der Waals surface area contributed by atoms with Crippen molar-refractivity contribution in [2.45, 2.75) is 6.42 Å². The van der Waals surface area contributed by atoms with Crippen LogP contribution in [-0.4, -0.2) is 24.3 Å². The molecule has 44 valence electrons. The molecule has 0 spiro atoms. The first kappa shape index (κ1) is 5.35. The zero-order valence-electron chi connectivity index (χ0n) is 4.88. The lowest BCUT2D eigenvalue weighted by Gasteiger charge is -2.08. The lowest BCUT2D eigenvalue weighted by molar-refractivity contribution is 0.354. The summed E-state index contributed by atoms with van der Waals surface area (Å²) in [6.45, 7) is 5.56. The molecule has 0 saturated carbocycles. The van der Waals surface area contributed by atoms with Gasteiger partial charge in [-0.3, -0.25) is 5.01 Å². The van der Waals surface area contributed by atoms with Crippen molar-refractivity contribution in [3.8, 4) is 0 Å². The fourth-order valence-electron chi connectivity index (χ4n) is 0.725. The lowest BCUT2D eigenvalue weighted by Crippen LogP contribution is -2.12. The van der Waals surface area contributed by atoms with E-state index in [4.69, 9.17) is 0 Å². The van der Waals surface area contributed by atoms with Gasteiger partial charge < -0.3 is 0 Å². The molecule has 2 nitrogen and oxygen atoms in total. The van der Waals surface area contributed by atoms with Crippen LogP contribution >= 0.6 is 0 Å². The van der Waals surface area contributed by atoms with E-state index in [-0.39, 0.29) is 0 Å². The van der Waals surface area contributed by atoms with Crippen LogP contribution in [0.2, 0.25) is 0 Å². The summed E-state index contributed by atoms with van der Waals surface area (Å²) in [4.78, 5) is 0. The zero-order chi connectivity index (χ0) is 5.82. The van der Waals surface area contributed by atoms with Gasteiger partial charge in [0.15, 0.2) is 0 Å². The van der Waals surface area contributed by atoms with Crippen molar-refractivity contribution >= 4 is 6.21 Å². The van der Waals surface area contributed by atoms with Gasteiger partial charge in [-0.05, 0) is 0 Å². The molecule has 0 N–H and O–H groups in total. The molecular weight excluding hydrogens is 100 g/mol. The Labute approximate surface area is 49.5 Å². The average Bonchev–Trinajstić information content (AvgIpc) is 2.19. The third kappa shape index (κ3) is 1.09. The number of nitrogens with zero attached hydrogens (tertiary/aromatic N) is 2. The molecule has 0 amide bonds. The van der Waals surface area contributed by atoms with E-state index in [1.807, 2.05) is 17.3 Å². The Balaban J connectivity index is 2.25. The summed E-state index contributed by atoms with van der Waals surface area (Å²) in [5, 5.41) is 6.06. The van der Waals surface area contributed by atoms with Gasteiger partial charge in [-0.2, -0.15) is 5.10 Å². The van der Waals surface area contributed by atoms with Gasteiger partial charge in [-0.1, -0.05) is 6.08 Å². The van der Waals surface area contributed by atoms with E-state index in [2.05, 4.69) is 11.7 Å². The van der Waals surface area contributed by atoms with E-state index < -0.39 is 0 Å². The molecule has 0 fully saturated rings. The summed E-state index contributed by atoms with van der Waals surface area (Å²) in [7, 11) is 0. The Kier molecular flexibility index (Phi) is 1.67. The van der Waals surface area contributed by atoms with Crippen LogP contribution in [0.5, 0.6) is 0 Å². The highest BCUT2D eigenvalue weighted by atomic mass is 15.5. The van der Waals surface area contributed by atoms with E-state index in [0.29, 0.717) is 0 Å². The molecule has 0 aromatic rings. The van der Waals surface area contributed by atoms with E-state index in [9.17, 15) is 0 Å². The highest BCUT2D eigenvalue weighted by molar-refractivity contribution is 5.58.